The van der Waals surface area contributed by atoms with Crippen LogP contribution in [0.25, 0.3) is 0 Å². The maximum Gasteiger partial charge on any atom is 0.355 e. The highest BCUT2D eigenvalue weighted by Gasteiger charge is 2.29. The van der Waals surface area contributed by atoms with E-state index in [2.05, 4.69) is 26.4 Å². The van der Waals surface area contributed by atoms with Gasteiger partial charge in [0.2, 0.25) is 0 Å². The maximum atomic E-state index is 10.9. The van der Waals surface area contributed by atoms with Gasteiger partial charge in [-0.1, -0.05) is 5.21 Å². The molecule has 1 aliphatic carbocycles. The first kappa shape index (κ1) is 14.8. The van der Waals surface area contributed by atoms with Crippen molar-refractivity contribution in [3.63, 3.8) is 0 Å². The van der Waals surface area contributed by atoms with Crippen LogP contribution in [-0.4, -0.2) is 48.5 Å². The predicted molar refractivity (Wildman–Crippen MR) is 84.5 cm³/mol. The molecule has 1 atom stereocenters. The van der Waals surface area contributed by atoms with Gasteiger partial charge in [-0.15, -0.1) is 16.4 Å². The fraction of sp³-hybridized carbons (Fsp3) is 0.600. The summed E-state index contributed by atoms with van der Waals surface area (Å²) in [5.74, 6) is -0.325. The fourth-order valence-corrected chi connectivity index (χ4v) is 3.94. The summed E-state index contributed by atoms with van der Waals surface area (Å²) in [6.07, 6.45) is 6.86. The van der Waals surface area contributed by atoms with Gasteiger partial charge in [0.1, 0.15) is 5.01 Å². The molecular formula is C15H19N5O2S. The van der Waals surface area contributed by atoms with Crippen molar-refractivity contribution in [1.82, 2.24) is 24.9 Å². The molecule has 0 aromatic carbocycles. The van der Waals surface area contributed by atoms with Crippen LogP contribution in [0, 0.1) is 0 Å². The quantitative estimate of drug-likeness (QED) is 0.870. The summed E-state index contributed by atoms with van der Waals surface area (Å²) >= 11 is 1.42. The third-order valence-corrected chi connectivity index (χ3v) is 5.39. The molecule has 4 rings (SSSR count). The predicted octanol–water partition coefficient (Wildman–Crippen LogP) is 1.97. The Morgan fingerprint density at radius 3 is 3.00 bits per heavy atom. The molecule has 7 nitrogen and oxygen atoms in total. The number of hydrogen-bond acceptors (Lipinski definition) is 6. The first-order valence-electron chi connectivity index (χ1n) is 8.01. The van der Waals surface area contributed by atoms with Gasteiger partial charge < -0.3 is 5.11 Å². The van der Waals surface area contributed by atoms with Crippen LogP contribution in [0.2, 0.25) is 0 Å². The number of aromatic carboxylic acids is 1. The largest absolute Gasteiger partial charge is 0.476 e. The Bertz CT molecular complexity index is 708. The first-order chi connectivity index (χ1) is 11.2. The molecule has 8 heteroatoms. The van der Waals surface area contributed by atoms with Crippen molar-refractivity contribution in [3.05, 3.63) is 28.0 Å². The smallest absolute Gasteiger partial charge is 0.355 e. The molecule has 1 aliphatic heterocycles. The monoisotopic (exact) mass is 333 g/mol. The number of likely N-dealkylation sites (tertiary alicyclic amines) is 1. The average molecular weight is 333 g/mol. The highest BCUT2D eigenvalue weighted by molar-refractivity contribution is 7.09. The van der Waals surface area contributed by atoms with Crippen molar-refractivity contribution >= 4 is 17.3 Å². The lowest BCUT2D eigenvalue weighted by Gasteiger charge is -2.23. The van der Waals surface area contributed by atoms with E-state index in [1.54, 1.807) is 5.38 Å². The van der Waals surface area contributed by atoms with E-state index in [-0.39, 0.29) is 5.69 Å². The minimum Gasteiger partial charge on any atom is -0.476 e. The number of aromatic nitrogens is 4. The van der Waals surface area contributed by atoms with Crippen LogP contribution >= 0.6 is 11.3 Å². The van der Waals surface area contributed by atoms with Crippen molar-refractivity contribution in [2.75, 3.05) is 6.54 Å². The SMILES string of the molecule is O=C(O)c1csc(CN2CCC[C@H]2Cn2cc(C3CC3)nn2)n1. The zero-order valence-corrected chi connectivity index (χ0v) is 13.6. The van der Waals surface area contributed by atoms with E-state index in [4.69, 9.17) is 5.11 Å². The topological polar surface area (TPSA) is 84.1 Å². The zero-order chi connectivity index (χ0) is 15.8. The minimum absolute atomic E-state index is 0.145. The lowest BCUT2D eigenvalue weighted by molar-refractivity contribution is 0.0691. The van der Waals surface area contributed by atoms with Crippen LogP contribution in [0.1, 0.15) is 52.8 Å². The molecule has 122 valence electrons. The van der Waals surface area contributed by atoms with E-state index in [1.807, 2.05) is 4.68 Å². The summed E-state index contributed by atoms with van der Waals surface area (Å²) in [7, 11) is 0. The maximum absolute atomic E-state index is 10.9. The minimum atomic E-state index is -0.958. The standard InChI is InChI=1S/C15H19N5O2S/c21-15(22)13-9-23-14(16-13)8-19-5-1-2-11(19)6-20-7-12(17-18-20)10-3-4-10/h7,9-11H,1-6,8H2,(H,21,22)/t11-/m0/s1. The second-order valence-corrected chi connectivity index (χ2v) is 7.28. The number of hydrogen-bond donors (Lipinski definition) is 1. The Hall–Kier alpha value is -1.80. The Morgan fingerprint density at radius 1 is 1.39 bits per heavy atom. The second kappa shape index (κ2) is 6.01. The number of thiazole rings is 1. The normalized spacial score (nSPS) is 21.8. The highest BCUT2D eigenvalue weighted by atomic mass is 32.1. The van der Waals surface area contributed by atoms with Gasteiger partial charge in [0.15, 0.2) is 5.69 Å². The highest BCUT2D eigenvalue weighted by Crippen LogP contribution is 2.38. The number of rotatable bonds is 6. The molecule has 3 heterocycles. The average Bonchev–Trinajstić information content (AvgIpc) is 2.94. The molecule has 23 heavy (non-hydrogen) atoms. The molecule has 1 saturated carbocycles. The summed E-state index contributed by atoms with van der Waals surface area (Å²) < 4.78 is 1.96. The third kappa shape index (κ3) is 3.28. The van der Waals surface area contributed by atoms with Crippen LogP contribution in [0.3, 0.4) is 0 Å². The lowest BCUT2D eigenvalue weighted by atomic mass is 10.2. The van der Waals surface area contributed by atoms with Gasteiger partial charge in [-0.05, 0) is 32.2 Å². The summed E-state index contributed by atoms with van der Waals surface area (Å²) in [4.78, 5) is 17.5. The number of carboxylic acids is 1. The third-order valence-electron chi connectivity index (χ3n) is 4.56. The van der Waals surface area contributed by atoms with Gasteiger partial charge >= 0.3 is 5.97 Å². The molecule has 0 unspecified atom stereocenters. The Morgan fingerprint density at radius 2 is 2.26 bits per heavy atom. The van der Waals surface area contributed by atoms with E-state index in [1.165, 1.54) is 24.2 Å². The Kier molecular flexibility index (Phi) is 3.86. The van der Waals surface area contributed by atoms with Crippen LogP contribution in [0.15, 0.2) is 11.6 Å². The van der Waals surface area contributed by atoms with Crippen molar-refractivity contribution in [2.24, 2.45) is 0 Å². The van der Waals surface area contributed by atoms with Crippen LogP contribution < -0.4 is 0 Å². The van der Waals surface area contributed by atoms with E-state index in [0.717, 1.165) is 36.6 Å². The van der Waals surface area contributed by atoms with Gasteiger partial charge in [0, 0.05) is 23.5 Å². The number of carboxylic acid groups (broad SMARTS) is 1. The lowest BCUT2D eigenvalue weighted by Crippen LogP contribution is -2.32. The second-order valence-electron chi connectivity index (χ2n) is 6.34. The summed E-state index contributed by atoms with van der Waals surface area (Å²) in [5, 5.41) is 20.0. The van der Waals surface area contributed by atoms with E-state index in [9.17, 15) is 4.79 Å². The van der Waals surface area contributed by atoms with Crippen LogP contribution in [-0.2, 0) is 13.1 Å². The molecule has 2 fully saturated rings. The van der Waals surface area contributed by atoms with Gasteiger partial charge in [-0.25, -0.2) is 9.78 Å². The molecule has 1 N–H and O–H groups in total. The molecule has 1 saturated heterocycles. The zero-order valence-electron chi connectivity index (χ0n) is 12.8. The molecular weight excluding hydrogens is 314 g/mol. The summed E-state index contributed by atoms with van der Waals surface area (Å²) in [6, 6.07) is 0.418. The van der Waals surface area contributed by atoms with Crippen LogP contribution in [0.4, 0.5) is 0 Å². The van der Waals surface area contributed by atoms with Crippen molar-refractivity contribution in [2.45, 2.75) is 50.7 Å². The van der Waals surface area contributed by atoms with Gasteiger partial charge in [-0.2, -0.15) is 0 Å². The molecule has 0 amide bonds. The molecule has 2 aromatic rings. The molecule has 2 aromatic heterocycles. The first-order valence-corrected chi connectivity index (χ1v) is 8.89. The van der Waals surface area contributed by atoms with Crippen molar-refractivity contribution in [3.8, 4) is 0 Å². The molecule has 0 bridgehead atoms. The van der Waals surface area contributed by atoms with Gasteiger partial charge in [-0.3, -0.25) is 9.58 Å². The number of carbonyl (C=O) groups is 1. The van der Waals surface area contributed by atoms with E-state index >= 15 is 0 Å². The molecule has 0 radical (unpaired) electrons. The molecule has 0 spiro atoms. The van der Waals surface area contributed by atoms with E-state index in [0.29, 0.717) is 18.5 Å². The Balaban J connectivity index is 1.40. The van der Waals surface area contributed by atoms with Crippen molar-refractivity contribution < 1.29 is 9.90 Å². The van der Waals surface area contributed by atoms with Gasteiger partial charge in [0.25, 0.3) is 0 Å². The Labute approximate surface area is 137 Å². The van der Waals surface area contributed by atoms with Crippen molar-refractivity contribution in [1.29, 1.82) is 0 Å². The molecule has 2 aliphatic rings. The summed E-state index contributed by atoms with van der Waals surface area (Å²) in [6.45, 7) is 2.58. The van der Waals surface area contributed by atoms with Crippen LogP contribution in [0.5, 0.6) is 0 Å². The van der Waals surface area contributed by atoms with E-state index < -0.39 is 5.97 Å². The van der Waals surface area contributed by atoms with Gasteiger partial charge in [0.05, 0.1) is 18.8 Å². The number of nitrogens with zero attached hydrogens (tertiary/aromatic N) is 5. The summed E-state index contributed by atoms with van der Waals surface area (Å²) in [5.41, 5.74) is 1.27. The fourth-order valence-electron chi connectivity index (χ4n) is 3.15.